The highest BCUT2D eigenvalue weighted by atomic mass is 35.5. The van der Waals surface area contributed by atoms with Gasteiger partial charge < -0.3 is 5.32 Å². The van der Waals surface area contributed by atoms with Gasteiger partial charge in [0.1, 0.15) is 12.4 Å². The Kier molecular flexibility index (Phi) is 5.69. The van der Waals surface area contributed by atoms with Crippen LogP contribution in [0.4, 0.5) is 15.8 Å². The molecule has 142 valence electrons. The van der Waals surface area contributed by atoms with Gasteiger partial charge in [-0.1, -0.05) is 35.3 Å². The van der Waals surface area contributed by atoms with Crippen LogP contribution in [0.2, 0.25) is 10.0 Å². The van der Waals surface area contributed by atoms with Crippen LogP contribution in [-0.2, 0) is 9.59 Å². The van der Waals surface area contributed by atoms with Gasteiger partial charge in [0, 0.05) is 11.1 Å². The fraction of sp³-hybridized carbons (Fsp3) is 0.263. The molecule has 1 aliphatic heterocycles. The SMILES string of the molecule is C[C@H](N[C@H](C)c1cc(F)c(Cl)cc1Cl)C(=O)N1CC(=O)Nc2ccccc21. The second-order valence-corrected chi connectivity index (χ2v) is 7.20. The monoisotopic (exact) mass is 409 g/mol. The first kappa shape index (κ1) is 19.6. The first-order valence-corrected chi connectivity index (χ1v) is 9.14. The second kappa shape index (κ2) is 7.84. The van der Waals surface area contributed by atoms with Crippen molar-refractivity contribution < 1.29 is 14.0 Å². The molecule has 0 unspecified atom stereocenters. The molecular weight excluding hydrogens is 392 g/mol. The third-order valence-electron chi connectivity index (χ3n) is 4.41. The topological polar surface area (TPSA) is 61.4 Å². The van der Waals surface area contributed by atoms with Crippen molar-refractivity contribution >= 4 is 46.4 Å². The zero-order valence-electron chi connectivity index (χ0n) is 14.7. The Balaban J connectivity index is 1.78. The summed E-state index contributed by atoms with van der Waals surface area (Å²) in [5.74, 6) is -1.11. The molecule has 8 heteroatoms. The average Bonchev–Trinajstić information content (AvgIpc) is 2.63. The van der Waals surface area contributed by atoms with E-state index in [0.29, 0.717) is 22.0 Å². The molecule has 5 nitrogen and oxygen atoms in total. The number of anilines is 2. The minimum atomic E-state index is -0.631. The summed E-state index contributed by atoms with van der Waals surface area (Å²) in [5.41, 5.74) is 1.72. The Hall–Kier alpha value is -2.15. The van der Waals surface area contributed by atoms with E-state index < -0.39 is 17.9 Å². The summed E-state index contributed by atoms with van der Waals surface area (Å²) < 4.78 is 13.8. The summed E-state index contributed by atoms with van der Waals surface area (Å²) in [6, 6.07) is 8.65. The maximum atomic E-state index is 13.8. The van der Waals surface area contributed by atoms with Gasteiger partial charge in [-0.15, -0.1) is 0 Å². The largest absolute Gasteiger partial charge is 0.323 e. The van der Waals surface area contributed by atoms with Crippen LogP contribution >= 0.6 is 23.2 Å². The van der Waals surface area contributed by atoms with Crippen LogP contribution in [0.3, 0.4) is 0 Å². The van der Waals surface area contributed by atoms with E-state index in [1.165, 1.54) is 17.0 Å². The van der Waals surface area contributed by atoms with Gasteiger partial charge in [0.25, 0.3) is 0 Å². The predicted molar refractivity (Wildman–Crippen MR) is 105 cm³/mol. The quantitative estimate of drug-likeness (QED) is 0.745. The molecule has 0 spiro atoms. The van der Waals surface area contributed by atoms with Gasteiger partial charge in [-0.3, -0.25) is 19.8 Å². The molecule has 2 aromatic rings. The molecule has 2 amide bonds. The number of carbonyl (C=O) groups is 2. The van der Waals surface area contributed by atoms with E-state index >= 15 is 0 Å². The minimum absolute atomic E-state index is 0.0592. The van der Waals surface area contributed by atoms with Crippen LogP contribution in [-0.4, -0.2) is 24.4 Å². The van der Waals surface area contributed by atoms with Crippen molar-refractivity contribution in [1.82, 2.24) is 5.32 Å². The standard InChI is InChI=1S/C19H18Cl2FN3O2/c1-10(12-7-15(22)14(21)8-13(12)20)23-11(2)19(27)25-9-18(26)24-16-5-3-4-6-17(16)25/h3-8,10-11,23H,9H2,1-2H3,(H,24,26)/t10-,11+/m1/s1. The summed E-state index contributed by atoms with van der Waals surface area (Å²) in [6.07, 6.45) is 0. The van der Waals surface area contributed by atoms with Crippen LogP contribution in [0.5, 0.6) is 0 Å². The highest BCUT2D eigenvalue weighted by molar-refractivity contribution is 6.35. The number of nitrogens with zero attached hydrogens (tertiary/aromatic N) is 1. The molecule has 0 fully saturated rings. The van der Waals surface area contributed by atoms with Gasteiger partial charge in [-0.2, -0.15) is 0 Å². The molecule has 0 bridgehead atoms. The van der Waals surface area contributed by atoms with Gasteiger partial charge in [-0.25, -0.2) is 4.39 Å². The van der Waals surface area contributed by atoms with Gasteiger partial charge in [0.2, 0.25) is 11.8 Å². The van der Waals surface area contributed by atoms with E-state index in [-0.39, 0.29) is 23.4 Å². The lowest BCUT2D eigenvalue weighted by Gasteiger charge is -2.32. The van der Waals surface area contributed by atoms with Gasteiger partial charge in [0.05, 0.1) is 22.4 Å². The lowest BCUT2D eigenvalue weighted by molar-refractivity contribution is -0.123. The molecule has 0 radical (unpaired) electrons. The maximum absolute atomic E-state index is 13.8. The molecule has 0 saturated heterocycles. The molecule has 2 N–H and O–H groups in total. The Bertz CT molecular complexity index is 907. The number of amides is 2. The van der Waals surface area contributed by atoms with Crippen LogP contribution in [0.25, 0.3) is 0 Å². The van der Waals surface area contributed by atoms with Crippen molar-refractivity contribution in [2.24, 2.45) is 0 Å². The van der Waals surface area contributed by atoms with Crippen molar-refractivity contribution in [2.75, 3.05) is 16.8 Å². The summed E-state index contributed by atoms with van der Waals surface area (Å²) in [7, 11) is 0. The number of hydrogen-bond donors (Lipinski definition) is 2. The molecular formula is C19H18Cl2FN3O2. The van der Waals surface area contributed by atoms with Crippen molar-refractivity contribution in [2.45, 2.75) is 25.9 Å². The highest BCUT2D eigenvalue weighted by Gasteiger charge is 2.30. The highest BCUT2D eigenvalue weighted by Crippen LogP contribution is 2.31. The van der Waals surface area contributed by atoms with E-state index in [9.17, 15) is 14.0 Å². The predicted octanol–water partition coefficient (Wildman–Crippen LogP) is 4.16. The molecule has 27 heavy (non-hydrogen) atoms. The summed E-state index contributed by atoms with van der Waals surface area (Å²) >= 11 is 11.9. The smallest absolute Gasteiger partial charge is 0.244 e. The van der Waals surface area contributed by atoms with Crippen LogP contribution in [0, 0.1) is 5.82 Å². The number of benzene rings is 2. The van der Waals surface area contributed by atoms with E-state index in [0.717, 1.165) is 0 Å². The number of para-hydroxylation sites is 2. The van der Waals surface area contributed by atoms with Crippen molar-refractivity contribution in [1.29, 1.82) is 0 Å². The molecule has 0 saturated carbocycles. The van der Waals surface area contributed by atoms with Gasteiger partial charge in [0.15, 0.2) is 0 Å². The van der Waals surface area contributed by atoms with E-state index in [1.54, 1.807) is 38.1 Å². The number of rotatable bonds is 4. The van der Waals surface area contributed by atoms with E-state index in [1.807, 2.05) is 0 Å². The molecule has 2 aromatic carbocycles. The number of fused-ring (bicyclic) bond motifs is 1. The van der Waals surface area contributed by atoms with Crippen molar-refractivity contribution in [3.8, 4) is 0 Å². The van der Waals surface area contributed by atoms with Gasteiger partial charge in [-0.05, 0) is 43.7 Å². The van der Waals surface area contributed by atoms with E-state index in [4.69, 9.17) is 23.2 Å². The fourth-order valence-electron chi connectivity index (χ4n) is 3.07. The van der Waals surface area contributed by atoms with Crippen molar-refractivity contribution in [3.63, 3.8) is 0 Å². The van der Waals surface area contributed by atoms with Crippen molar-refractivity contribution in [3.05, 3.63) is 57.8 Å². The second-order valence-electron chi connectivity index (χ2n) is 6.39. The Morgan fingerprint density at radius 3 is 2.67 bits per heavy atom. The number of halogens is 3. The third-order valence-corrected chi connectivity index (χ3v) is 5.03. The van der Waals surface area contributed by atoms with Gasteiger partial charge >= 0.3 is 0 Å². The Labute approximate surface area is 166 Å². The number of nitrogens with one attached hydrogen (secondary N) is 2. The molecule has 0 aliphatic carbocycles. The van der Waals surface area contributed by atoms with E-state index in [2.05, 4.69) is 10.6 Å². The summed E-state index contributed by atoms with van der Waals surface area (Å²) in [4.78, 5) is 26.3. The Morgan fingerprint density at radius 1 is 1.22 bits per heavy atom. The average molecular weight is 410 g/mol. The maximum Gasteiger partial charge on any atom is 0.244 e. The first-order valence-electron chi connectivity index (χ1n) is 8.38. The molecule has 1 heterocycles. The zero-order valence-corrected chi connectivity index (χ0v) is 16.2. The normalized spacial score (nSPS) is 15.7. The number of hydrogen-bond acceptors (Lipinski definition) is 3. The molecule has 2 atom stereocenters. The molecule has 1 aliphatic rings. The van der Waals surface area contributed by atoms with Crippen LogP contribution < -0.4 is 15.5 Å². The molecule has 3 rings (SSSR count). The lowest BCUT2D eigenvalue weighted by Crippen LogP contribution is -2.50. The third kappa shape index (κ3) is 4.08. The minimum Gasteiger partial charge on any atom is -0.323 e. The Morgan fingerprint density at radius 2 is 1.93 bits per heavy atom. The molecule has 0 aromatic heterocycles. The van der Waals surface area contributed by atoms with Crippen LogP contribution in [0.15, 0.2) is 36.4 Å². The number of carbonyl (C=O) groups excluding carboxylic acids is 2. The first-order chi connectivity index (χ1) is 12.8. The summed E-state index contributed by atoms with van der Waals surface area (Å²) in [5, 5.41) is 6.10. The lowest BCUT2D eigenvalue weighted by atomic mass is 10.1. The summed E-state index contributed by atoms with van der Waals surface area (Å²) in [6.45, 7) is 3.40. The fourth-order valence-corrected chi connectivity index (χ4v) is 3.62. The van der Waals surface area contributed by atoms with Crippen LogP contribution in [0.1, 0.15) is 25.5 Å². The zero-order chi connectivity index (χ0) is 19.7.